The van der Waals surface area contributed by atoms with E-state index in [2.05, 4.69) is 27.4 Å². The molecular weight excluding hydrogens is 425 g/mol. The Kier molecular flexibility index (Phi) is 5.61. The first-order chi connectivity index (χ1) is 15.9. The summed E-state index contributed by atoms with van der Waals surface area (Å²) in [6.45, 7) is 7.41. The van der Waals surface area contributed by atoms with Gasteiger partial charge in [-0.2, -0.15) is 4.98 Å². The molecule has 1 saturated heterocycles. The van der Waals surface area contributed by atoms with Crippen molar-refractivity contribution in [1.29, 1.82) is 0 Å². The highest BCUT2D eigenvalue weighted by atomic mass is 19.1. The van der Waals surface area contributed by atoms with Crippen LogP contribution in [0.5, 0.6) is 0 Å². The monoisotopic (exact) mass is 453 g/mol. The van der Waals surface area contributed by atoms with Gasteiger partial charge in [0.25, 0.3) is 0 Å². The number of fused-ring (bicyclic) bond motifs is 1. The number of allylic oxidation sites excluding steroid dienone is 1. The number of rotatable bonds is 7. The third-order valence-corrected chi connectivity index (χ3v) is 6.18. The van der Waals surface area contributed by atoms with E-state index >= 15 is 0 Å². The largest absolute Gasteiger partial charge is 0.376 e. The van der Waals surface area contributed by atoms with Crippen molar-refractivity contribution < 1.29 is 13.7 Å². The average Bonchev–Trinajstić information content (AvgIpc) is 3.39. The normalized spacial score (nSPS) is 21.3. The Morgan fingerprint density at radius 3 is 2.88 bits per heavy atom. The van der Waals surface area contributed by atoms with Crippen molar-refractivity contribution in [2.24, 2.45) is 5.92 Å². The van der Waals surface area contributed by atoms with Gasteiger partial charge in [-0.05, 0) is 50.9 Å². The van der Waals surface area contributed by atoms with Gasteiger partial charge in [-0.1, -0.05) is 11.7 Å². The number of nitrogens with one attached hydrogen (secondary N) is 2. The van der Waals surface area contributed by atoms with E-state index in [1.807, 2.05) is 41.6 Å². The van der Waals surface area contributed by atoms with Gasteiger partial charge in [0.2, 0.25) is 17.6 Å². The molecule has 0 aromatic carbocycles. The standard InChI is InChI=1S/C23H28FN7O2/c1-13(2)20-19(21-27-18(33-29-21)11-25-23(32)14-6-7-14)28-22-17(5-4-9-31(20)22)26-16-8-10-30(3)12-15(16)24/h4-5,9,14-16,26H,1,6-8,10-12H2,2-3H3,(H,25,32)/t15-,16+/m0/s1. The molecule has 2 aliphatic rings. The van der Waals surface area contributed by atoms with Crippen LogP contribution in [-0.4, -0.2) is 62.7 Å². The number of carbonyl (C=O) groups excluding carboxylic acids is 1. The van der Waals surface area contributed by atoms with E-state index in [0.717, 1.165) is 36.3 Å². The van der Waals surface area contributed by atoms with E-state index in [1.54, 1.807) is 0 Å². The molecule has 2 N–H and O–H groups in total. The van der Waals surface area contributed by atoms with Crippen molar-refractivity contribution in [2.75, 3.05) is 25.5 Å². The maximum Gasteiger partial charge on any atom is 0.246 e. The van der Waals surface area contributed by atoms with E-state index in [1.165, 1.54) is 0 Å². The second-order valence-electron chi connectivity index (χ2n) is 9.03. The predicted octanol–water partition coefficient (Wildman–Crippen LogP) is 2.90. The average molecular weight is 454 g/mol. The van der Waals surface area contributed by atoms with Crippen LogP contribution in [0.15, 0.2) is 29.4 Å². The fourth-order valence-corrected chi connectivity index (χ4v) is 4.24. The van der Waals surface area contributed by atoms with Gasteiger partial charge in [-0.25, -0.2) is 9.37 Å². The van der Waals surface area contributed by atoms with Crippen LogP contribution in [0.1, 0.15) is 37.8 Å². The van der Waals surface area contributed by atoms with E-state index in [0.29, 0.717) is 36.0 Å². The Balaban J connectivity index is 1.44. The summed E-state index contributed by atoms with van der Waals surface area (Å²) in [4.78, 5) is 23.1. The molecule has 1 amide bonds. The number of carbonyl (C=O) groups is 1. The highest BCUT2D eigenvalue weighted by Gasteiger charge is 2.30. The lowest BCUT2D eigenvalue weighted by Crippen LogP contribution is -2.46. The quantitative estimate of drug-likeness (QED) is 0.567. The summed E-state index contributed by atoms with van der Waals surface area (Å²) in [5.74, 6) is 0.760. The summed E-state index contributed by atoms with van der Waals surface area (Å²) in [7, 11) is 1.93. The van der Waals surface area contributed by atoms with Crippen LogP contribution in [0.3, 0.4) is 0 Å². The van der Waals surface area contributed by atoms with Gasteiger partial charge in [0.05, 0.1) is 24.0 Å². The SMILES string of the molecule is C=C(C)c1c(-c2noc(CNC(=O)C3CC3)n2)nc2c(N[C@@H]3CCN(C)C[C@@H]3F)cccn12. The number of alkyl halides is 1. The molecule has 10 heteroatoms. The number of nitrogens with zero attached hydrogens (tertiary/aromatic N) is 5. The van der Waals surface area contributed by atoms with Gasteiger partial charge in [-0.3, -0.25) is 9.20 Å². The number of anilines is 1. The van der Waals surface area contributed by atoms with Crippen LogP contribution in [0, 0.1) is 5.92 Å². The molecule has 0 radical (unpaired) electrons. The number of amides is 1. The second kappa shape index (κ2) is 8.58. The molecule has 3 aromatic rings. The number of imidazole rings is 1. The minimum atomic E-state index is -0.968. The Morgan fingerprint density at radius 2 is 2.15 bits per heavy atom. The van der Waals surface area contributed by atoms with Gasteiger partial charge in [0.15, 0.2) is 5.65 Å². The fourth-order valence-electron chi connectivity index (χ4n) is 4.24. The lowest BCUT2D eigenvalue weighted by molar-refractivity contribution is -0.122. The first kappa shape index (κ1) is 21.6. The molecule has 4 heterocycles. The Labute approximate surface area is 191 Å². The van der Waals surface area contributed by atoms with Crippen molar-refractivity contribution in [3.63, 3.8) is 0 Å². The summed E-state index contributed by atoms with van der Waals surface area (Å²) in [6, 6.07) is 3.51. The third-order valence-electron chi connectivity index (χ3n) is 6.18. The number of halogens is 1. The van der Waals surface area contributed by atoms with Crippen molar-refractivity contribution in [3.05, 3.63) is 36.5 Å². The van der Waals surface area contributed by atoms with Crippen LogP contribution in [0.4, 0.5) is 10.1 Å². The maximum absolute atomic E-state index is 14.6. The molecule has 0 unspecified atom stereocenters. The molecule has 9 nitrogen and oxygen atoms in total. The molecule has 0 spiro atoms. The third kappa shape index (κ3) is 4.35. The zero-order valence-electron chi connectivity index (χ0n) is 18.8. The van der Waals surface area contributed by atoms with E-state index in [4.69, 9.17) is 9.51 Å². The van der Waals surface area contributed by atoms with Gasteiger partial charge >= 0.3 is 0 Å². The Hall–Kier alpha value is -3.27. The molecule has 174 valence electrons. The van der Waals surface area contributed by atoms with Gasteiger partial charge in [0, 0.05) is 25.2 Å². The minimum absolute atomic E-state index is 0.0147. The lowest BCUT2D eigenvalue weighted by Gasteiger charge is -2.33. The van der Waals surface area contributed by atoms with E-state index < -0.39 is 6.17 Å². The van der Waals surface area contributed by atoms with Crippen molar-refractivity contribution in [2.45, 2.75) is 44.9 Å². The van der Waals surface area contributed by atoms with Crippen molar-refractivity contribution in [3.8, 4) is 11.5 Å². The van der Waals surface area contributed by atoms with Crippen molar-refractivity contribution in [1.82, 2.24) is 29.7 Å². The summed E-state index contributed by atoms with van der Waals surface area (Å²) in [6.07, 6.45) is 3.49. The molecule has 2 fully saturated rings. The smallest absolute Gasteiger partial charge is 0.246 e. The highest BCUT2D eigenvalue weighted by Crippen LogP contribution is 2.31. The van der Waals surface area contributed by atoms with E-state index in [-0.39, 0.29) is 24.4 Å². The summed E-state index contributed by atoms with van der Waals surface area (Å²) < 4.78 is 21.9. The number of aromatic nitrogens is 4. The number of piperidine rings is 1. The van der Waals surface area contributed by atoms with Crippen LogP contribution >= 0.6 is 0 Å². The molecule has 5 rings (SSSR count). The number of likely N-dealkylation sites (tertiary alicyclic amines) is 1. The van der Waals surface area contributed by atoms with Crippen LogP contribution in [0.25, 0.3) is 22.7 Å². The second-order valence-corrected chi connectivity index (χ2v) is 9.03. The van der Waals surface area contributed by atoms with Crippen LogP contribution in [-0.2, 0) is 11.3 Å². The van der Waals surface area contributed by atoms with Crippen molar-refractivity contribution >= 4 is 22.8 Å². The minimum Gasteiger partial charge on any atom is -0.376 e. The lowest BCUT2D eigenvalue weighted by atomic mass is 10.0. The summed E-state index contributed by atoms with van der Waals surface area (Å²) >= 11 is 0. The van der Waals surface area contributed by atoms with Gasteiger partial charge in [0.1, 0.15) is 11.9 Å². The maximum atomic E-state index is 14.6. The van der Waals surface area contributed by atoms with E-state index in [9.17, 15) is 9.18 Å². The number of hydrogen-bond donors (Lipinski definition) is 2. The van der Waals surface area contributed by atoms with Crippen LogP contribution < -0.4 is 10.6 Å². The summed E-state index contributed by atoms with van der Waals surface area (Å²) in [5, 5.41) is 10.3. The molecular formula is C23H28FN7O2. The Bertz CT molecular complexity index is 1200. The predicted molar refractivity (Wildman–Crippen MR) is 122 cm³/mol. The first-order valence-corrected chi connectivity index (χ1v) is 11.3. The zero-order chi connectivity index (χ0) is 23.1. The molecule has 2 atom stereocenters. The molecule has 33 heavy (non-hydrogen) atoms. The van der Waals surface area contributed by atoms with Gasteiger partial charge in [-0.15, -0.1) is 0 Å². The number of hydrogen-bond acceptors (Lipinski definition) is 7. The van der Waals surface area contributed by atoms with Gasteiger partial charge < -0.3 is 20.1 Å². The molecule has 1 aliphatic carbocycles. The highest BCUT2D eigenvalue weighted by molar-refractivity contribution is 5.81. The molecule has 1 aliphatic heterocycles. The topological polar surface area (TPSA) is 101 Å². The fraction of sp³-hybridized carbons (Fsp3) is 0.478. The van der Waals surface area contributed by atoms with Crippen LogP contribution in [0.2, 0.25) is 0 Å². The summed E-state index contributed by atoms with van der Waals surface area (Å²) in [5.41, 5.74) is 3.45. The molecule has 3 aromatic heterocycles. The number of pyridine rings is 1. The first-order valence-electron chi connectivity index (χ1n) is 11.3. The Morgan fingerprint density at radius 1 is 1.33 bits per heavy atom. The molecule has 1 saturated carbocycles. The zero-order valence-corrected chi connectivity index (χ0v) is 18.8. The molecule has 0 bridgehead atoms.